The van der Waals surface area contributed by atoms with E-state index in [4.69, 9.17) is 9.26 Å². The van der Waals surface area contributed by atoms with Crippen LogP contribution in [0.1, 0.15) is 29.0 Å². The molecule has 2 aliphatic heterocycles. The van der Waals surface area contributed by atoms with E-state index < -0.39 is 0 Å². The van der Waals surface area contributed by atoms with Crippen molar-refractivity contribution in [1.29, 1.82) is 0 Å². The van der Waals surface area contributed by atoms with Crippen molar-refractivity contribution in [1.82, 2.24) is 15.0 Å². The SMILES string of the molecule is Cc1noc(C)c1CC(=O)N1CC2(CC(COCc3ccccc3)N(C)C2)C1. The van der Waals surface area contributed by atoms with Gasteiger partial charge >= 0.3 is 0 Å². The van der Waals surface area contributed by atoms with Crippen LogP contribution in [-0.4, -0.2) is 60.2 Å². The molecule has 1 spiro atoms. The van der Waals surface area contributed by atoms with Gasteiger partial charge in [0.05, 0.1) is 25.3 Å². The number of hydrogen-bond acceptors (Lipinski definition) is 5. The molecule has 150 valence electrons. The maximum absolute atomic E-state index is 12.6. The Morgan fingerprint density at radius 1 is 1.25 bits per heavy atom. The molecule has 1 aromatic carbocycles. The van der Waals surface area contributed by atoms with Gasteiger partial charge in [0.2, 0.25) is 5.91 Å². The Morgan fingerprint density at radius 2 is 2.00 bits per heavy atom. The first-order chi connectivity index (χ1) is 13.5. The van der Waals surface area contributed by atoms with Crippen LogP contribution in [0.15, 0.2) is 34.9 Å². The molecule has 2 aliphatic rings. The standard InChI is InChI=1S/C22H29N3O3/c1-16-20(17(2)28-23-16)9-21(26)25-14-22(15-25)10-19(24(3)13-22)12-27-11-18-7-5-4-6-8-18/h4-8,19H,9-15H2,1-3H3. The molecule has 0 aliphatic carbocycles. The third kappa shape index (κ3) is 3.84. The molecule has 1 amide bonds. The predicted molar refractivity (Wildman–Crippen MR) is 106 cm³/mol. The van der Waals surface area contributed by atoms with Gasteiger partial charge in [-0.1, -0.05) is 35.5 Å². The van der Waals surface area contributed by atoms with Crippen LogP contribution in [-0.2, 0) is 22.6 Å². The van der Waals surface area contributed by atoms with E-state index in [0.29, 0.717) is 19.1 Å². The average Bonchev–Trinajstić information content (AvgIpc) is 3.15. The Hall–Kier alpha value is -2.18. The minimum atomic E-state index is 0.173. The maximum Gasteiger partial charge on any atom is 0.227 e. The highest BCUT2D eigenvalue weighted by Gasteiger charge is 2.51. The number of ether oxygens (including phenoxy) is 1. The van der Waals surface area contributed by atoms with Gasteiger partial charge in [-0.25, -0.2) is 0 Å². The van der Waals surface area contributed by atoms with E-state index in [-0.39, 0.29) is 11.3 Å². The molecule has 6 nitrogen and oxygen atoms in total. The van der Waals surface area contributed by atoms with E-state index in [0.717, 1.165) is 49.7 Å². The summed E-state index contributed by atoms with van der Waals surface area (Å²) in [5.41, 5.74) is 3.18. The van der Waals surface area contributed by atoms with Crippen LogP contribution in [0.5, 0.6) is 0 Å². The van der Waals surface area contributed by atoms with Crippen LogP contribution in [0, 0.1) is 19.3 Å². The van der Waals surface area contributed by atoms with Crippen LogP contribution >= 0.6 is 0 Å². The summed E-state index contributed by atoms with van der Waals surface area (Å²) >= 11 is 0. The van der Waals surface area contributed by atoms with E-state index in [2.05, 4.69) is 29.2 Å². The van der Waals surface area contributed by atoms with Crippen molar-refractivity contribution in [2.24, 2.45) is 5.41 Å². The second kappa shape index (κ2) is 7.68. The lowest BCUT2D eigenvalue weighted by Gasteiger charge is -2.48. The normalized spacial score (nSPS) is 21.2. The summed E-state index contributed by atoms with van der Waals surface area (Å²) in [6.07, 6.45) is 1.48. The number of nitrogens with zero attached hydrogens (tertiary/aromatic N) is 3. The summed E-state index contributed by atoms with van der Waals surface area (Å²) in [4.78, 5) is 17.0. The molecule has 3 heterocycles. The summed E-state index contributed by atoms with van der Waals surface area (Å²) in [6.45, 7) is 7.86. The molecule has 1 unspecified atom stereocenters. The Kier molecular flexibility index (Phi) is 5.25. The van der Waals surface area contributed by atoms with Gasteiger partial charge < -0.3 is 19.1 Å². The molecule has 0 radical (unpaired) electrons. The molecule has 0 N–H and O–H groups in total. The average molecular weight is 383 g/mol. The lowest BCUT2D eigenvalue weighted by Crippen LogP contribution is -2.59. The van der Waals surface area contributed by atoms with Crippen molar-refractivity contribution in [2.75, 3.05) is 33.3 Å². The van der Waals surface area contributed by atoms with E-state index in [1.807, 2.05) is 36.9 Å². The van der Waals surface area contributed by atoms with Gasteiger partial charge in [-0.2, -0.15) is 0 Å². The lowest BCUT2D eigenvalue weighted by atomic mass is 9.77. The smallest absolute Gasteiger partial charge is 0.227 e. The fourth-order valence-electron chi connectivity index (χ4n) is 4.64. The minimum Gasteiger partial charge on any atom is -0.375 e. The van der Waals surface area contributed by atoms with E-state index in [9.17, 15) is 4.79 Å². The molecule has 2 saturated heterocycles. The largest absolute Gasteiger partial charge is 0.375 e. The highest BCUT2D eigenvalue weighted by atomic mass is 16.5. The van der Waals surface area contributed by atoms with Crippen molar-refractivity contribution in [3.05, 3.63) is 52.9 Å². The summed E-state index contributed by atoms with van der Waals surface area (Å²) < 4.78 is 11.1. The van der Waals surface area contributed by atoms with E-state index in [1.165, 1.54) is 5.56 Å². The highest BCUT2D eigenvalue weighted by Crippen LogP contribution is 2.42. The fraction of sp³-hybridized carbons (Fsp3) is 0.545. The second-order valence-electron chi connectivity index (χ2n) is 8.50. The molecule has 6 heteroatoms. The number of aromatic nitrogens is 1. The molecular weight excluding hydrogens is 354 g/mol. The van der Waals surface area contributed by atoms with E-state index >= 15 is 0 Å². The minimum absolute atomic E-state index is 0.173. The molecule has 28 heavy (non-hydrogen) atoms. The Labute approximate surface area is 166 Å². The zero-order valence-corrected chi connectivity index (χ0v) is 17.0. The summed E-state index contributed by atoms with van der Waals surface area (Å²) in [7, 11) is 2.17. The Balaban J connectivity index is 1.25. The number of carbonyl (C=O) groups is 1. The molecule has 2 aromatic rings. The monoisotopic (exact) mass is 383 g/mol. The molecule has 1 aromatic heterocycles. The highest BCUT2D eigenvalue weighted by molar-refractivity contribution is 5.80. The lowest BCUT2D eigenvalue weighted by molar-refractivity contribution is -0.142. The number of benzene rings is 1. The van der Waals surface area contributed by atoms with Crippen molar-refractivity contribution in [3.8, 4) is 0 Å². The Morgan fingerprint density at radius 3 is 2.68 bits per heavy atom. The van der Waals surface area contributed by atoms with Gasteiger partial charge in [0.25, 0.3) is 0 Å². The topological polar surface area (TPSA) is 58.8 Å². The first-order valence-electron chi connectivity index (χ1n) is 9.97. The summed E-state index contributed by atoms with van der Waals surface area (Å²) in [6, 6.07) is 10.7. The van der Waals surface area contributed by atoms with E-state index in [1.54, 1.807) is 0 Å². The first kappa shape index (κ1) is 19.2. The fourth-order valence-corrected chi connectivity index (χ4v) is 4.64. The molecule has 1 atom stereocenters. The molecule has 0 bridgehead atoms. The third-order valence-corrected chi connectivity index (χ3v) is 6.21. The number of amides is 1. The summed E-state index contributed by atoms with van der Waals surface area (Å²) in [5, 5.41) is 3.95. The number of likely N-dealkylation sites (tertiary alicyclic amines) is 2. The Bertz CT molecular complexity index is 807. The molecule has 2 fully saturated rings. The predicted octanol–water partition coefficient (Wildman–Crippen LogP) is 2.58. The van der Waals surface area contributed by atoms with Crippen LogP contribution in [0.25, 0.3) is 0 Å². The quantitative estimate of drug-likeness (QED) is 0.767. The van der Waals surface area contributed by atoms with Crippen molar-refractivity contribution >= 4 is 5.91 Å². The number of rotatable bonds is 6. The zero-order chi connectivity index (χ0) is 19.7. The zero-order valence-electron chi connectivity index (χ0n) is 17.0. The molecular formula is C22H29N3O3. The van der Waals surface area contributed by atoms with Gasteiger partial charge in [0.1, 0.15) is 5.76 Å². The van der Waals surface area contributed by atoms with Gasteiger partial charge in [-0.3, -0.25) is 4.79 Å². The number of carbonyl (C=O) groups excluding carboxylic acids is 1. The number of likely N-dealkylation sites (N-methyl/N-ethyl adjacent to an activating group) is 1. The molecule has 0 saturated carbocycles. The summed E-state index contributed by atoms with van der Waals surface area (Å²) in [5.74, 6) is 0.920. The van der Waals surface area contributed by atoms with Gasteiger partial charge in [-0.05, 0) is 32.9 Å². The van der Waals surface area contributed by atoms with Crippen LogP contribution < -0.4 is 0 Å². The van der Waals surface area contributed by atoms with Crippen molar-refractivity contribution < 1.29 is 14.1 Å². The van der Waals surface area contributed by atoms with Crippen LogP contribution in [0.2, 0.25) is 0 Å². The first-order valence-corrected chi connectivity index (χ1v) is 9.97. The van der Waals surface area contributed by atoms with Gasteiger partial charge in [0.15, 0.2) is 0 Å². The van der Waals surface area contributed by atoms with Crippen LogP contribution in [0.4, 0.5) is 0 Å². The van der Waals surface area contributed by atoms with Crippen LogP contribution in [0.3, 0.4) is 0 Å². The van der Waals surface area contributed by atoms with Crippen molar-refractivity contribution in [3.63, 3.8) is 0 Å². The second-order valence-corrected chi connectivity index (χ2v) is 8.50. The number of hydrogen-bond donors (Lipinski definition) is 0. The molecule has 4 rings (SSSR count). The van der Waals surface area contributed by atoms with Gasteiger partial charge in [0, 0.05) is 36.7 Å². The van der Waals surface area contributed by atoms with Crippen molar-refractivity contribution in [2.45, 2.75) is 39.3 Å². The third-order valence-electron chi connectivity index (χ3n) is 6.21. The van der Waals surface area contributed by atoms with Gasteiger partial charge in [-0.15, -0.1) is 0 Å². The number of aryl methyl sites for hydroxylation is 2. The maximum atomic E-state index is 12.6.